The number of pyridine rings is 1. The fourth-order valence-corrected chi connectivity index (χ4v) is 1.70. The summed E-state index contributed by atoms with van der Waals surface area (Å²) in [5.74, 6) is 1.45. The molecule has 2 aromatic rings. The quantitative estimate of drug-likeness (QED) is 0.773. The molecule has 1 heterocycles. The highest BCUT2D eigenvalue weighted by atomic mass is 16.5. The van der Waals surface area contributed by atoms with Crippen molar-refractivity contribution in [1.82, 2.24) is 4.98 Å². The Balaban J connectivity index is 2.15. The highest BCUT2D eigenvalue weighted by Gasteiger charge is 2.05. The van der Waals surface area contributed by atoms with Crippen LogP contribution >= 0.6 is 0 Å². The molecule has 19 heavy (non-hydrogen) atoms. The van der Waals surface area contributed by atoms with E-state index in [1.54, 1.807) is 18.3 Å². The van der Waals surface area contributed by atoms with Crippen LogP contribution < -0.4 is 4.74 Å². The molecule has 0 bridgehead atoms. The zero-order valence-corrected chi connectivity index (χ0v) is 11.4. The molecule has 3 nitrogen and oxygen atoms in total. The first kappa shape index (κ1) is 13.3. The van der Waals surface area contributed by atoms with Gasteiger partial charge in [0.05, 0.1) is 6.20 Å². The fourth-order valence-electron chi connectivity index (χ4n) is 1.70. The molecule has 2 rings (SSSR count). The summed E-state index contributed by atoms with van der Waals surface area (Å²) in [6, 6.07) is 9.40. The van der Waals surface area contributed by atoms with Crippen molar-refractivity contribution in [2.45, 2.75) is 27.2 Å². The predicted molar refractivity (Wildman–Crippen MR) is 74.8 cm³/mol. The Labute approximate surface area is 113 Å². The number of ether oxygens (including phenoxy) is 1. The van der Waals surface area contributed by atoms with Crippen molar-refractivity contribution >= 4 is 5.78 Å². The molecule has 0 unspecified atom stereocenters. The molecule has 0 aliphatic carbocycles. The second-order valence-corrected chi connectivity index (χ2v) is 4.50. The second kappa shape index (κ2) is 5.65. The van der Waals surface area contributed by atoms with E-state index < -0.39 is 0 Å². The van der Waals surface area contributed by atoms with Crippen LogP contribution in [0.25, 0.3) is 0 Å². The van der Waals surface area contributed by atoms with Gasteiger partial charge in [-0.15, -0.1) is 0 Å². The Morgan fingerprint density at radius 3 is 2.42 bits per heavy atom. The lowest BCUT2D eigenvalue weighted by molar-refractivity contribution is 0.0983. The molecule has 1 aromatic heterocycles. The van der Waals surface area contributed by atoms with Crippen LogP contribution in [0.1, 0.15) is 35.0 Å². The van der Waals surface area contributed by atoms with Crippen LogP contribution in [0.15, 0.2) is 36.5 Å². The van der Waals surface area contributed by atoms with Gasteiger partial charge in [0.1, 0.15) is 17.2 Å². The number of hydrogen-bond acceptors (Lipinski definition) is 3. The zero-order chi connectivity index (χ0) is 13.8. The van der Waals surface area contributed by atoms with E-state index in [0.717, 1.165) is 5.75 Å². The Hall–Kier alpha value is -2.16. The molecule has 0 aliphatic heterocycles. The van der Waals surface area contributed by atoms with Crippen LogP contribution in [0.2, 0.25) is 0 Å². The van der Waals surface area contributed by atoms with Crippen molar-refractivity contribution in [1.29, 1.82) is 0 Å². The van der Waals surface area contributed by atoms with Crippen molar-refractivity contribution < 1.29 is 9.53 Å². The maximum absolute atomic E-state index is 11.5. The first-order valence-electron chi connectivity index (χ1n) is 6.34. The summed E-state index contributed by atoms with van der Waals surface area (Å²) in [5, 5.41) is 0. The first-order chi connectivity index (χ1) is 9.10. The molecule has 0 amide bonds. The molecule has 3 heteroatoms. The third kappa shape index (κ3) is 3.19. The van der Waals surface area contributed by atoms with Gasteiger partial charge in [0, 0.05) is 6.42 Å². The van der Waals surface area contributed by atoms with Crippen molar-refractivity contribution in [3.05, 3.63) is 53.3 Å². The monoisotopic (exact) mass is 255 g/mol. The molecule has 0 saturated heterocycles. The van der Waals surface area contributed by atoms with Gasteiger partial charge in [0.25, 0.3) is 0 Å². The molecule has 0 saturated carbocycles. The van der Waals surface area contributed by atoms with Gasteiger partial charge in [-0.1, -0.05) is 13.0 Å². The molecule has 98 valence electrons. The summed E-state index contributed by atoms with van der Waals surface area (Å²) in [6.45, 7) is 5.93. The minimum absolute atomic E-state index is 0.0396. The number of rotatable bonds is 4. The zero-order valence-electron chi connectivity index (χ0n) is 11.4. The number of aryl methyl sites for hydroxylation is 2. The van der Waals surface area contributed by atoms with Crippen LogP contribution in [0.3, 0.4) is 0 Å². The van der Waals surface area contributed by atoms with E-state index in [2.05, 4.69) is 11.9 Å². The summed E-state index contributed by atoms with van der Waals surface area (Å²) in [4.78, 5) is 15.6. The number of carbonyl (C=O) groups excluding carboxylic acids is 1. The summed E-state index contributed by atoms with van der Waals surface area (Å²) in [7, 11) is 0. The lowest BCUT2D eigenvalue weighted by Gasteiger charge is -2.08. The van der Waals surface area contributed by atoms with Crippen LogP contribution in [0.5, 0.6) is 11.5 Å². The number of ketones is 1. The van der Waals surface area contributed by atoms with E-state index in [9.17, 15) is 4.79 Å². The normalized spacial score (nSPS) is 10.3. The van der Waals surface area contributed by atoms with Gasteiger partial charge in [-0.05, 0) is 49.2 Å². The maximum atomic E-state index is 11.5. The minimum atomic E-state index is 0.0396. The minimum Gasteiger partial charge on any atom is -0.456 e. The lowest BCUT2D eigenvalue weighted by Crippen LogP contribution is -1.99. The number of benzene rings is 1. The smallest absolute Gasteiger partial charge is 0.180 e. The van der Waals surface area contributed by atoms with Gasteiger partial charge in [0.15, 0.2) is 5.78 Å². The van der Waals surface area contributed by atoms with Crippen molar-refractivity contribution in [2.75, 3.05) is 0 Å². The Kier molecular flexibility index (Phi) is 3.95. The average molecular weight is 255 g/mol. The van der Waals surface area contributed by atoms with E-state index in [1.807, 2.05) is 32.0 Å². The van der Waals surface area contributed by atoms with Crippen LogP contribution in [0.4, 0.5) is 0 Å². The number of hydrogen-bond donors (Lipinski definition) is 0. The molecule has 0 spiro atoms. The van der Waals surface area contributed by atoms with E-state index >= 15 is 0 Å². The predicted octanol–water partition coefficient (Wildman–Crippen LogP) is 4.08. The molecule has 0 aliphatic rings. The third-order valence-corrected chi connectivity index (χ3v) is 3.06. The summed E-state index contributed by atoms with van der Waals surface area (Å²) in [6.07, 6.45) is 2.04. The number of carbonyl (C=O) groups is 1. The SMILES string of the molecule is CCC(=O)c1ccc(Oc2ccc(C)c(C)c2)cn1. The number of nitrogens with zero attached hydrogens (tertiary/aromatic N) is 1. The fraction of sp³-hybridized carbons (Fsp3) is 0.250. The Morgan fingerprint density at radius 1 is 1.11 bits per heavy atom. The second-order valence-electron chi connectivity index (χ2n) is 4.50. The standard InChI is InChI=1S/C16H17NO2/c1-4-16(18)15-8-7-14(10-17-15)19-13-6-5-11(2)12(3)9-13/h5-10H,4H2,1-3H3. The average Bonchev–Trinajstić information content (AvgIpc) is 2.43. The highest BCUT2D eigenvalue weighted by molar-refractivity contribution is 5.93. The van der Waals surface area contributed by atoms with Crippen LogP contribution in [0, 0.1) is 13.8 Å². The summed E-state index contributed by atoms with van der Waals surface area (Å²) >= 11 is 0. The van der Waals surface area contributed by atoms with Crippen molar-refractivity contribution in [2.24, 2.45) is 0 Å². The van der Waals surface area contributed by atoms with Crippen LogP contribution in [-0.2, 0) is 0 Å². The maximum Gasteiger partial charge on any atom is 0.180 e. The van der Waals surface area contributed by atoms with Crippen LogP contribution in [-0.4, -0.2) is 10.8 Å². The van der Waals surface area contributed by atoms with E-state index in [-0.39, 0.29) is 5.78 Å². The lowest BCUT2D eigenvalue weighted by atomic mass is 10.1. The Bertz CT molecular complexity index is 588. The number of Topliss-reactive ketones (excluding diaryl/α,β-unsaturated/α-hetero) is 1. The molecule has 0 atom stereocenters. The van der Waals surface area contributed by atoms with Gasteiger partial charge in [-0.25, -0.2) is 4.98 Å². The van der Waals surface area contributed by atoms with Gasteiger partial charge in [0.2, 0.25) is 0 Å². The molecular weight excluding hydrogens is 238 g/mol. The van der Waals surface area contributed by atoms with Crippen molar-refractivity contribution in [3.63, 3.8) is 0 Å². The molecule has 0 N–H and O–H groups in total. The van der Waals surface area contributed by atoms with Gasteiger partial charge < -0.3 is 4.74 Å². The molecule has 1 aromatic carbocycles. The largest absolute Gasteiger partial charge is 0.456 e. The van der Waals surface area contributed by atoms with E-state index in [1.165, 1.54) is 11.1 Å². The van der Waals surface area contributed by atoms with Crippen molar-refractivity contribution in [3.8, 4) is 11.5 Å². The van der Waals surface area contributed by atoms with Gasteiger partial charge in [-0.3, -0.25) is 4.79 Å². The number of aromatic nitrogens is 1. The first-order valence-corrected chi connectivity index (χ1v) is 6.34. The summed E-state index contributed by atoms with van der Waals surface area (Å²) in [5.41, 5.74) is 2.90. The van der Waals surface area contributed by atoms with Gasteiger partial charge >= 0.3 is 0 Å². The summed E-state index contributed by atoms with van der Waals surface area (Å²) < 4.78 is 5.71. The molecule has 0 fully saturated rings. The van der Waals surface area contributed by atoms with E-state index in [0.29, 0.717) is 17.9 Å². The molecule has 0 radical (unpaired) electrons. The Morgan fingerprint density at radius 2 is 1.84 bits per heavy atom. The topological polar surface area (TPSA) is 39.2 Å². The van der Waals surface area contributed by atoms with Gasteiger partial charge in [-0.2, -0.15) is 0 Å². The third-order valence-electron chi connectivity index (χ3n) is 3.06. The molecular formula is C16H17NO2. The van der Waals surface area contributed by atoms with E-state index in [4.69, 9.17) is 4.74 Å². The highest BCUT2D eigenvalue weighted by Crippen LogP contribution is 2.23.